The first-order valence-electron chi connectivity index (χ1n) is 7.77. The number of carbonyl (C=O) groups is 1. The number of hydrogen-bond donors (Lipinski definition) is 1. The Balaban J connectivity index is 1.60. The van der Waals surface area contributed by atoms with Gasteiger partial charge < -0.3 is 10.2 Å². The molecule has 0 radical (unpaired) electrons. The molecule has 18 heavy (non-hydrogen) atoms. The summed E-state index contributed by atoms with van der Waals surface area (Å²) in [5, 5.41) is 3.44. The minimum absolute atomic E-state index is 0.436. The molecule has 1 aliphatic carbocycles. The van der Waals surface area contributed by atoms with Crippen molar-refractivity contribution in [2.75, 3.05) is 13.1 Å². The van der Waals surface area contributed by atoms with E-state index < -0.39 is 0 Å². The highest BCUT2D eigenvalue weighted by atomic mass is 16.2. The van der Waals surface area contributed by atoms with Crippen LogP contribution in [0.1, 0.15) is 51.9 Å². The lowest BCUT2D eigenvalue weighted by molar-refractivity contribution is -0.135. The summed E-state index contributed by atoms with van der Waals surface area (Å²) in [6.07, 6.45) is 8.61. The van der Waals surface area contributed by atoms with Crippen molar-refractivity contribution in [1.82, 2.24) is 10.2 Å². The average molecular weight is 250 g/mol. The van der Waals surface area contributed by atoms with Crippen LogP contribution in [0.5, 0.6) is 0 Å². The molecule has 0 aromatic carbocycles. The fourth-order valence-corrected chi connectivity index (χ4v) is 4.34. The molecule has 1 saturated carbocycles. The summed E-state index contributed by atoms with van der Waals surface area (Å²) in [6.45, 7) is 4.37. The Morgan fingerprint density at radius 2 is 2.00 bits per heavy atom. The number of carbonyl (C=O) groups excluding carboxylic acids is 1. The smallest absolute Gasteiger partial charge is 0.223 e. The Morgan fingerprint density at radius 1 is 1.22 bits per heavy atom. The fraction of sp³-hybridized carbons (Fsp3) is 0.933. The molecule has 3 fully saturated rings. The van der Waals surface area contributed by atoms with Gasteiger partial charge in [0.15, 0.2) is 0 Å². The van der Waals surface area contributed by atoms with E-state index in [1.54, 1.807) is 0 Å². The van der Waals surface area contributed by atoms with E-state index >= 15 is 0 Å². The number of nitrogens with zero attached hydrogens (tertiary/aromatic N) is 1. The van der Waals surface area contributed by atoms with Crippen LogP contribution >= 0.6 is 0 Å². The first kappa shape index (κ1) is 12.5. The van der Waals surface area contributed by atoms with Crippen molar-refractivity contribution in [2.45, 2.75) is 64.0 Å². The Labute approximate surface area is 110 Å². The lowest BCUT2D eigenvalue weighted by atomic mass is 9.86. The Morgan fingerprint density at radius 3 is 2.78 bits per heavy atom. The van der Waals surface area contributed by atoms with Crippen molar-refractivity contribution in [2.24, 2.45) is 11.8 Å². The highest BCUT2D eigenvalue weighted by Gasteiger charge is 2.44. The van der Waals surface area contributed by atoms with E-state index in [4.69, 9.17) is 0 Å². The predicted molar refractivity (Wildman–Crippen MR) is 72.3 cm³/mol. The van der Waals surface area contributed by atoms with Gasteiger partial charge in [0, 0.05) is 31.6 Å². The Kier molecular flexibility index (Phi) is 3.60. The molecule has 1 N–H and O–H groups in total. The van der Waals surface area contributed by atoms with Gasteiger partial charge >= 0.3 is 0 Å². The zero-order chi connectivity index (χ0) is 12.5. The summed E-state index contributed by atoms with van der Waals surface area (Å²) < 4.78 is 0. The van der Waals surface area contributed by atoms with E-state index in [0.29, 0.717) is 23.9 Å². The van der Waals surface area contributed by atoms with E-state index in [0.717, 1.165) is 25.4 Å². The van der Waals surface area contributed by atoms with Gasteiger partial charge in [0.05, 0.1) is 0 Å². The standard InChI is InChI=1S/C15H26N2O/c1-11-7-13-9-16-10-14(13)17(11)15(18)8-12-5-3-2-4-6-12/h11-14,16H,2-10H2,1H3. The molecule has 102 valence electrons. The van der Waals surface area contributed by atoms with E-state index in [9.17, 15) is 4.79 Å². The maximum Gasteiger partial charge on any atom is 0.223 e. The Hall–Kier alpha value is -0.570. The number of rotatable bonds is 2. The monoisotopic (exact) mass is 250 g/mol. The van der Waals surface area contributed by atoms with Gasteiger partial charge in [0.25, 0.3) is 0 Å². The molecule has 0 bridgehead atoms. The van der Waals surface area contributed by atoms with Crippen LogP contribution in [0.4, 0.5) is 0 Å². The average Bonchev–Trinajstić information content (AvgIpc) is 2.89. The van der Waals surface area contributed by atoms with Gasteiger partial charge in [0.2, 0.25) is 5.91 Å². The van der Waals surface area contributed by atoms with Crippen LogP contribution in [0.3, 0.4) is 0 Å². The zero-order valence-corrected chi connectivity index (χ0v) is 11.5. The van der Waals surface area contributed by atoms with Crippen LogP contribution in [0, 0.1) is 11.8 Å². The van der Waals surface area contributed by atoms with Gasteiger partial charge in [-0.3, -0.25) is 4.79 Å². The summed E-state index contributed by atoms with van der Waals surface area (Å²) >= 11 is 0. The molecule has 0 aromatic heterocycles. The summed E-state index contributed by atoms with van der Waals surface area (Å²) in [7, 11) is 0. The van der Waals surface area contributed by atoms with Crippen LogP contribution < -0.4 is 5.32 Å². The SMILES string of the molecule is CC1CC2CNCC2N1C(=O)CC1CCCCC1. The van der Waals surface area contributed by atoms with Crippen LogP contribution in [-0.4, -0.2) is 36.0 Å². The molecule has 0 aromatic rings. The molecule has 2 aliphatic heterocycles. The minimum atomic E-state index is 0.436. The molecule has 2 heterocycles. The van der Waals surface area contributed by atoms with Gasteiger partial charge in [-0.1, -0.05) is 19.3 Å². The van der Waals surface area contributed by atoms with Crippen LogP contribution in [0.25, 0.3) is 0 Å². The molecule has 1 amide bonds. The van der Waals surface area contributed by atoms with Crippen molar-refractivity contribution < 1.29 is 4.79 Å². The zero-order valence-electron chi connectivity index (χ0n) is 11.5. The van der Waals surface area contributed by atoms with Crippen molar-refractivity contribution in [3.63, 3.8) is 0 Å². The van der Waals surface area contributed by atoms with Gasteiger partial charge in [0.1, 0.15) is 0 Å². The van der Waals surface area contributed by atoms with Gasteiger partial charge in [-0.25, -0.2) is 0 Å². The molecular formula is C15H26N2O. The second-order valence-electron chi connectivity index (χ2n) is 6.58. The maximum atomic E-state index is 12.6. The van der Waals surface area contributed by atoms with E-state index in [-0.39, 0.29) is 0 Å². The number of hydrogen-bond acceptors (Lipinski definition) is 2. The maximum absolute atomic E-state index is 12.6. The topological polar surface area (TPSA) is 32.3 Å². The molecule has 3 atom stereocenters. The predicted octanol–water partition coefficient (Wildman–Crippen LogP) is 2.17. The van der Waals surface area contributed by atoms with Crippen LogP contribution in [-0.2, 0) is 4.79 Å². The molecule has 2 saturated heterocycles. The summed E-state index contributed by atoms with van der Waals surface area (Å²) in [4.78, 5) is 14.8. The van der Waals surface area contributed by atoms with Crippen LogP contribution in [0.15, 0.2) is 0 Å². The van der Waals surface area contributed by atoms with E-state index in [1.165, 1.54) is 38.5 Å². The Bertz CT molecular complexity index is 312. The third kappa shape index (κ3) is 2.29. The normalized spacial score (nSPS) is 36.9. The third-order valence-corrected chi connectivity index (χ3v) is 5.26. The molecular weight excluding hydrogens is 224 g/mol. The lowest BCUT2D eigenvalue weighted by Gasteiger charge is -2.30. The van der Waals surface area contributed by atoms with Gasteiger partial charge in [-0.05, 0) is 38.0 Å². The second kappa shape index (κ2) is 5.20. The largest absolute Gasteiger partial charge is 0.335 e. The van der Waals surface area contributed by atoms with Crippen molar-refractivity contribution in [3.05, 3.63) is 0 Å². The first-order valence-corrected chi connectivity index (χ1v) is 7.77. The van der Waals surface area contributed by atoms with E-state index in [1.807, 2.05) is 0 Å². The third-order valence-electron chi connectivity index (χ3n) is 5.26. The number of amides is 1. The first-order chi connectivity index (χ1) is 8.75. The molecule has 3 rings (SSSR count). The van der Waals surface area contributed by atoms with Crippen molar-refractivity contribution in [1.29, 1.82) is 0 Å². The summed E-state index contributed by atoms with van der Waals surface area (Å²) in [5.41, 5.74) is 0. The molecule has 0 spiro atoms. The number of nitrogens with one attached hydrogen (secondary N) is 1. The van der Waals surface area contributed by atoms with Gasteiger partial charge in [-0.2, -0.15) is 0 Å². The number of likely N-dealkylation sites (tertiary alicyclic amines) is 1. The minimum Gasteiger partial charge on any atom is -0.335 e. The summed E-state index contributed by atoms with van der Waals surface area (Å²) in [5.74, 6) is 1.83. The van der Waals surface area contributed by atoms with Gasteiger partial charge in [-0.15, -0.1) is 0 Å². The molecule has 3 nitrogen and oxygen atoms in total. The molecule has 3 aliphatic rings. The molecule has 3 heteroatoms. The second-order valence-corrected chi connectivity index (χ2v) is 6.58. The van der Waals surface area contributed by atoms with Crippen molar-refractivity contribution in [3.8, 4) is 0 Å². The number of fused-ring (bicyclic) bond motifs is 1. The van der Waals surface area contributed by atoms with E-state index in [2.05, 4.69) is 17.1 Å². The highest BCUT2D eigenvalue weighted by molar-refractivity contribution is 5.77. The van der Waals surface area contributed by atoms with Crippen molar-refractivity contribution >= 4 is 5.91 Å². The quantitative estimate of drug-likeness (QED) is 0.814. The lowest BCUT2D eigenvalue weighted by Crippen LogP contribution is -2.43. The summed E-state index contributed by atoms with van der Waals surface area (Å²) in [6, 6.07) is 0.967. The molecule has 3 unspecified atom stereocenters. The fourth-order valence-electron chi connectivity index (χ4n) is 4.34. The van der Waals surface area contributed by atoms with Crippen LogP contribution in [0.2, 0.25) is 0 Å². The highest BCUT2D eigenvalue weighted by Crippen LogP contribution is 2.34.